The third-order valence-electron chi connectivity index (χ3n) is 8.14. The Bertz CT molecular complexity index is 1030. The molecule has 0 unspecified atom stereocenters. The first-order valence-electron chi connectivity index (χ1n) is 16.6. The number of carbonyl (C=O) groups is 6. The van der Waals surface area contributed by atoms with E-state index in [1.165, 1.54) is 0 Å². The van der Waals surface area contributed by atoms with Gasteiger partial charge in [-0.2, -0.15) is 0 Å². The summed E-state index contributed by atoms with van der Waals surface area (Å²) in [5.41, 5.74) is 0. The van der Waals surface area contributed by atoms with Crippen LogP contribution in [0.1, 0.15) is 113 Å². The fraction of sp³-hybridized carbons (Fsp3) is 0.818. The molecule has 0 aromatic rings. The first-order valence-corrected chi connectivity index (χ1v) is 16.6. The predicted octanol–water partition coefficient (Wildman–Crippen LogP) is 2.01. The van der Waals surface area contributed by atoms with Crippen LogP contribution in [0.2, 0.25) is 0 Å². The standard InChI is InChI=1S/C32H55N5O8.CH4/c1-6-33-32(45)29(19(4)5)37-27(40)17-25(38)22(14-18(2)3)35-31(44)24(16-21-12-13-21)36-30(43)23(15-20-10-11-20)34-26(39)8-7-9-28(41)42;/h18-25,29,38H,6-17H2,1-5H3,(H,33,45)(H,34,39)(H,35,44)(H,36,43)(H,37,40)(H,41,42);1H4/t22-,23-,24-,25-,29-;/m0./s1. The Hall–Kier alpha value is -3.22. The molecule has 2 fully saturated rings. The van der Waals surface area contributed by atoms with Crippen LogP contribution in [0.4, 0.5) is 0 Å². The van der Waals surface area contributed by atoms with Crippen LogP contribution >= 0.6 is 0 Å². The van der Waals surface area contributed by atoms with Gasteiger partial charge in [0.25, 0.3) is 0 Å². The van der Waals surface area contributed by atoms with Crippen LogP contribution in [0.5, 0.6) is 0 Å². The molecule has 0 radical (unpaired) electrons. The van der Waals surface area contributed by atoms with Crippen LogP contribution in [0, 0.1) is 23.7 Å². The number of carbonyl (C=O) groups excluding carboxylic acids is 5. The average Bonchev–Trinajstić information content (AvgIpc) is 3.87. The molecule has 0 heterocycles. The number of hydrogen-bond acceptors (Lipinski definition) is 7. The number of rotatable bonds is 22. The van der Waals surface area contributed by atoms with E-state index in [1.807, 2.05) is 27.7 Å². The molecule has 5 amide bonds. The highest BCUT2D eigenvalue weighted by atomic mass is 16.4. The molecule has 7 N–H and O–H groups in total. The van der Waals surface area contributed by atoms with Crippen molar-refractivity contribution in [1.29, 1.82) is 0 Å². The average molecular weight is 654 g/mol. The molecule has 0 saturated heterocycles. The fourth-order valence-corrected chi connectivity index (χ4v) is 5.26. The van der Waals surface area contributed by atoms with E-state index in [-0.39, 0.29) is 56.8 Å². The van der Waals surface area contributed by atoms with E-state index in [9.17, 15) is 33.9 Å². The Balaban J connectivity index is 0.0000106. The molecular formula is C33H59N5O8. The van der Waals surface area contributed by atoms with Crippen molar-refractivity contribution in [3.63, 3.8) is 0 Å². The minimum atomic E-state index is -1.23. The number of likely N-dealkylation sites (N-methyl/N-ethyl adjacent to an activating group) is 1. The van der Waals surface area contributed by atoms with Gasteiger partial charge >= 0.3 is 5.97 Å². The number of nitrogens with one attached hydrogen (secondary N) is 5. The number of aliphatic hydroxyl groups is 1. The normalized spacial score (nSPS) is 17.5. The van der Waals surface area contributed by atoms with Crippen LogP contribution < -0.4 is 26.6 Å². The van der Waals surface area contributed by atoms with Crippen LogP contribution in [0.15, 0.2) is 0 Å². The fourth-order valence-electron chi connectivity index (χ4n) is 5.26. The summed E-state index contributed by atoms with van der Waals surface area (Å²) in [5, 5.41) is 33.8. The molecule has 13 nitrogen and oxygen atoms in total. The molecule has 2 saturated carbocycles. The lowest BCUT2D eigenvalue weighted by Gasteiger charge is -2.29. The molecule has 264 valence electrons. The van der Waals surface area contributed by atoms with Gasteiger partial charge in [0, 0.05) is 19.4 Å². The summed E-state index contributed by atoms with van der Waals surface area (Å²) in [7, 11) is 0. The van der Waals surface area contributed by atoms with Crippen LogP contribution in [0.25, 0.3) is 0 Å². The van der Waals surface area contributed by atoms with Crippen molar-refractivity contribution in [2.45, 2.75) is 143 Å². The molecule has 0 spiro atoms. The first-order chi connectivity index (χ1) is 21.2. The maximum Gasteiger partial charge on any atom is 0.303 e. The number of hydrogen-bond donors (Lipinski definition) is 7. The Morgan fingerprint density at radius 3 is 1.76 bits per heavy atom. The molecule has 2 aliphatic rings. The minimum Gasteiger partial charge on any atom is -0.481 e. The van der Waals surface area contributed by atoms with E-state index in [2.05, 4.69) is 26.6 Å². The van der Waals surface area contributed by atoms with Gasteiger partial charge in [0.1, 0.15) is 18.1 Å². The molecule has 46 heavy (non-hydrogen) atoms. The third kappa shape index (κ3) is 15.9. The van der Waals surface area contributed by atoms with Gasteiger partial charge in [-0.25, -0.2) is 0 Å². The van der Waals surface area contributed by atoms with Gasteiger partial charge in [-0.3, -0.25) is 28.8 Å². The van der Waals surface area contributed by atoms with Crippen molar-refractivity contribution < 1.29 is 39.0 Å². The highest BCUT2D eigenvalue weighted by Crippen LogP contribution is 2.35. The second-order valence-corrected chi connectivity index (χ2v) is 13.5. The van der Waals surface area contributed by atoms with Gasteiger partial charge < -0.3 is 36.8 Å². The third-order valence-corrected chi connectivity index (χ3v) is 8.14. The zero-order chi connectivity index (χ0) is 33.7. The van der Waals surface area contributed by atoms with Gasteiger partial charge in [0.15, 0.2) is 0 Å². The largest absolute Gasteiger partial charge is 0.481 e. The topological polar surface area (TPSA) is 203 Å². The van der Waals surface area contributed by atoms with E-state index in [0.29, 0.717) is 31.7 Å². The smallest absolute Gasteiger partial charge is 0.303 e. The highest BCUT2D eigenvalue weighted by molar-refractivity contribution is 5.92. The van der Waals surface area contributed by atoms with E-state index >= 15 is 0 Å². The van der Waals surface area contributed by atoms with Gasteiger partial charge in [-0.15, -0.1) is 0 Å². The summed E-state index contributed by atoms with van der Waals surface area (Å²) in [6, 6.07) is -3.28. The van der Waals surface area contributed by atoms with Gasteiger partial charge in [-0.1, -0.05) is 60.8 Å². The Morgan fingerprint density at radius 2 is 1.28 bits per heavy atom. The van der Waals surface area contributed by atoms with Crippen LogP contribution in [-0.4, -0.2) is 82.5 Å². The molecule has 5 atom stereocenters. The summed E-state index contributed by atoms with van der Waals surface area (Å²) < 4.78 is 0. The lowest BCUT2D eigenvalue weighted by atomic mass is 9.95. The zero-order valence-electron chi connectivity index (χ0n) is 27.5. The number of aliphatic carboxylic acids is 1. The Morgan fingerprint density at radius 1 is 0.739 bits per heavy atom. The number of aliphatic hydroxyl groups excluding tert-OH is 1. The van der Waals surface area contributed by atoms with Crippen LogP contribution in [-0.2, 0) is 28.8 Å². The Kier molecular flexibility index (Phi) is 17.8. The van der Waals surface area contributed by atoms with Crippen molar-refractivity contribution in [2.24, 2.45) is 23.7 Å². The van der Waals surface area contributed by atoms with Crippen molar-refractivity contribution in [2.75, 3.05) is 6.54 Å². The Labute approximate surface area is 274 Å². The van der Waals surface area contributed by atoms with Gasteiger partial charge in [0.05, 0.1) is 18.6 Å². The molecule has 2 rings (SSSR count). The summed E-state index contributed by atoms with van der Waals surface area (Å²) in [6.07, 6.45) is 3.45. The number of carboxylic acid groups (broad SMARTS) is 1. The molecule has 0 aromatic carbocycles. The van der Waals surface area contributed by atoms with E-state index in [1.54, 1.807) is 6.92 Å². The quantitative estimate of drug-likeness (QED) is 0.0919. The lowest BCUT2D eigenvalue weighted by Crippen LogP contribution is -2.57. The van der Waals surface area contributed by atoms with Gasteiger partial charge in [-0.05, 0) is 56.3 Å². The monoisotopic (exact) mass is 653 g/mol. The lowest BCUT2D eigenvalue weighted by molar-refractivity contribution is -0.137. The van der Waals surface area contributed by atoms with E-state index < -0.39 is 59.9 Å². The number of carboxylic acids is 1. The summed E-state index contributed by atoms with van der Waals surface area (Å²) >= 11 is 0. The molecule has 13 heteroatoms. The van der Waals surface area contributed by atoms with E-state index in [4.69, 9.17) is 5.11 Å². The predicted molar refractivity (Wildman–Crippen MR) is 174 cm³/mol. The zero-order valence-corrected chi connectivity index (χ0v) is 27.5. The minimum absolute atomic E-state index is 0. The first kappa shape index (κ1) is 40.8. The second-order valence-electron chi connectivity index (χ2n) is 13.5. The second kappa shape index (κ2) is 20.1. The molecule has 0 bridgehead atoms. The SMILES string of the molecule is C.CCNC(=O)[C@@H](NC(=O)C[C@H](O)[C@H](CC(C)C)NC(=O)[C@H](CC1CC1)NC(=O)[C@H](CC1CC1)NC(=O)CCCC(=O)O)C(C)C. The highest BCUT2D eigenvalue weighted by Gasteiger charge is 2.36. The molecule has 2 aliphatic carbocycles. The molecule has 0 aromatic heterocycles. The van der Waals surface area contributed by atoms with Crippen molar-refractivity contribution in [3.8, 4) is 0 Å². The molecule has 0 aliphatic heterocycles. The van der Waals surface area contributed by atoms with Gasteiger partial charge in [0.2, 0.25) is 29.5 Å². The summed E-state index contributed by atoms with van der Waals surface area (Å²) in [6.45, 7) is 9.69. The maximum absolute atomic E-state index is 13.6. The maximum atomic E-state index is 13.6. The summed E-state index contributed by atoms with van der Waals surface area (Å²) in [4.78, 5) is 75.6. The van der Waals surface area contributed by atoms with Crippen molar-refractivity contribution in [3.05, 3.63) is 0 Å². The van der Waals surface area contributed by atoms with Crippen molar-refractivity contribution >= 4 is 35.5 Å². The van der Waals surface area contributed by atoms with Crippen molar-refractivity contribution in [1.82, 2.24) is 26.6 Å². The molecular weight excluding hydrogens is 594 g/mol. The van der Waals surface area contributed by atoms with E-state index in [0.717, 1.165) is 25.7 Å². The number of amides is 5. The summed E-state index contributed by atoms with van der Waals surface area (Å²) in [5.74, 6) is -2.70. The van der Waals surface area contributed by atoms with Crippen LogP contribution in [0.3, 0.4) is 0 Å².